The zero-order valence-electron chi connectivity index (χ0n) is 10.3. The van der Waals surface area contributed by atoms with Gasteiger partial charge in [0.2, 0.25) is 0 Å². The standard InChI is InChI=1S/C13H17N3S/c1-9(2)16(3)13-11(12(14)15-17-13)10-7-5-4-6-8-10/h4-9H,1-3H3,(H2,14,15). The summed E-state index contributed by atoms with van der Waals surface area (Å²) < 4.78 is 4.27. The summed E-state index contributed by atoms with van der Waals surface area (Å²) >= 11 is 1.46. The Morgan fingerprint density at radius 3 is 2.47 bits per heavy atom. The zero-order chi connectivity index (χ0) is 12.4. The first-order valence-corrected chi connectivity index (χ1v) is 6.42. The molecule has 2 N–H and O–H groups in total. The molecule has 0 radical (unpaired) electrons. The van der Waals surface area contributed by atoms with Crippen molar-refractivity contribution in [1.82, 2.24) is 4.37 Å². The molecule has 90 valence electrons. The number of nitrogens with zero attached hydrogens (tertiary/aromatic N) is 2. The van der Waals surface area contributed by atoms with Crippen LogP contribution in [0.2, 0.25) is 0 Å². The molecule has 2 rings (SSSR count). The first kappa shape index (κ1) is 11.9. The van der Waals surface area contributed by atoms with Crippen LogP contribution in [-0.4, -0.2) is 17.5 Å². The fourth-order valence-electron chi connectivity index (χ4n) is 1.64. The highest BCUT2D eigenvalue weighted by Crippen LogP contribution is 2.39. The number of hydrogen-bond acceptors (Lipinski definition) is 4. The number of benzene rings is 1. The summed E-state index contributed by atoms with van der Waals surface area (Å²) in [4.78, 5) is 2.20. The van der Waals surface area contributed by atoms with Crippen LogP contribution in [0.15, 0.2) is 30.3 Å². The summed E-state index contributed by atoms with van der Waals surface area (Å²) in [5, 5.41) is 1.13. The second-order valence-electron chi connectivity index (χ2n) is 4.32. The van der Waals surface area contributed by atoms with Gasteiger partial charge in [-0.3, -0.25) is 0 Å². The Morgan fingerprint density at radius 1 is 1.24 bits per heavy atom. The maximum absolute atomic E-state index is 5.98. The lowest BCUT2D eigenvalue weighted by atomic mass is 10.1. The van der Waals surface area contributed by atoms with E-state index in [1.54, 1.807) is 0 Å². The molecule has 0 bridgehead atoms. The molecule has 0 saturated heterocycles. The first-order chi connectivity index (χ1) is 8.11. The maximum atomic E-state index is 5.98. The third-order valence-corrected chi connectivity index (χ3v) is 3.81. The van der Waals surface area contributed by atoms with Crippen LogP contribution in [0.5, 0.6) is 0 Å². The minimum absolute atomic E-state index is 0.428. The molecule has 3 nitrogen and oxygen atoms in total. The Hall–Kier alpha value is -1.55. The van der Waals surface area contributed by atoms with Crippen LogP contribution in [0, 0.1) is 0 Å². The maximum Gasteiger partial charge on any atom is 0.147 e. The van der Waals surface area contributed by atoms with Crippen molar-refractivity contribution in [2.75, 3.05) is 17.7 Å². The van der Waals surface area contributed by atoms with Gasteiger partial charge >= 0.3 is 0 Å². The van der Waals surface area contributed by atoms with Gasteiger partial charge in [0.15, 0.2) is 0 Å². The molecule has 17 heavy (non-hydrogen) atoms. The molecular weight excluding hydrogens is 230 g/mol. The second-order valence-corrected chi connectivity index (χ2v) is 5.07. The van der Waals surface area contributed by atoms with Crippen molar-refractivity contribution in [3.8, 4) is 11.1 Å². The van der Waals surface area contributed by atoms with E-state index in [4.69, 9.17) is 5.73 Å². The largest absolute Gasteiger partial charge is 0.382 e. The molecule has 0 aliphatic carbocycles. The van der Waals surface area contributed by atoms with Crippen molar-refractivity contribution >= 4 is 22.4 Å². The van der Waals surface area contributed by atoms with Gasteiger partial charge in [0.1, 0.15) is 10.8 Å². The van der Waals surface area contributed by atoms with Gasteiger partial charge in [-0.1, -0.05) is 30.3 Å². The van der Waals surface area contributed by atoms with E-state index in [0.29, 0.717) is 11.9 Å². The zero-order valence-corrected chi connectivity index (χ0v) is 11.2. The van der Waals surface area contributed by atoms with E-state index in [1.165, 1.54) is 11.5 Å². The minimum atomic E-state index is 0.428. The molecule has 0 unspecified atom stereocenters. The van der Waals surface area contributed by atoms with Gasteiger partial charge in [-0.25, -0.2) is 0 Å². The highest BCUT2D eigenvalue weighted by Gasteiger charge is 2.18. The molecule has 1 aromatic heterocycles. The number of rotatable bonds is 3. The highest BCUT2D eigenvalue weighted by molar-refractivity contribution is 7.11. The van der Waals surface area contributed by atoms with Crippen LogP contribution >= 0.6 is 11.5 Å². The topological polar surface area (TPSA) is 42.2 Å². The van der Waals surface area contributed by atoms with Gasteiger partial charge in [-0.2, -0.15) is 4.37 Å². The minimum Gasteiger partial charge on any atom is -0.382 e. The molecule has 1 heterocycles. The summed E-state index contributed by atoms with van der Waals surface area (Å²) in [5.74, 6) is 0.615. The van der Waals surface area contributed by atoms with E-state index >= 15 is 0 Å². The Bertz CT molecular complexity index is 491. The molecule has 2 aromatic rings. The van der Waals surface area contributed by atoms with Crippen LogP contribution in [-0.2, 0) is 0 Å². The van der Waals surface area contributed by atoms with E-state index in [2.05, 4.69) is 42.3 Å². The van der Waals surface area contributed by atoms with E-state index in [9.17, 15) is 0 Å². The van der Waals surface area contributed by atoms with E-state index < -0.39 is 0 Å². The molecule has 0 aliphatic heterocycles. The Morgan fingerprint density at radius 2 is 1.88 bits per heavy atom. The van der Waals surface area contributed by atoms with Gasteiger partial charge in [0.25, 0.3) is 0 Å². The molecular formula is C13H17N3S. The Balaban J connectivity index is 2.51. The van der Waals surface area contributed by atoms with E-state index in [-0.39, 0.29) is 0 Å². The molecule has 0 saturated carbocycles. The van der Waals surface area contributed by atoms with Gasteiger partial charge < -0.3 is 10.6 Å². The third-order valence-electron chi connectivity index (χ3n) is 2.86. The van der Waals surface area contributed by atoms with Crippen LogP contribution < -0.4 is 10.6 Å². The number of aromatic nitrogens is 1. The van der Waals surface area contributed by atoms with Gasteiger partial charge in [-0.05, 0) is 30.9 Å². The van der Waals surface area contributed by atoms with Crippen molar-refractivity contribution in [2.24, 2.45) is 0 Å². The Labute approximate surface area is 106 Å². The second kappa shape index (κ2) is 4.75. The lowest BCUT2D eigenvalue weighted by Gasteiger charge is -2.22. The number of anilines is 2. The van der Waals surface area contributed by atoms with Crippen molar-refractivity contribution < 1.29 is 0 Å². The van der Waals surface area contributed by atoms with Crippen LogP contribution in [0.4, 0.5) is 10.8 Å². The fourth-order valence-corrected chi connectivity index (χ4v) is 2.57. The molecule has 0 aliphatic rings. The molecule has 0 amide bonds. The monoisotopic (exact) mass is 247 g/mol. The van der Waals surface area contributed by atoms with E-state index in [0.717, 1.165) is 16.1 Å². The van der Waals surface area contributed by atoms with Crippen molar-refractivity contribution in [2.45, 2.75) is 19.9 Å². The average molecular weight is 247 g/mol. The predicted molar refractivity (Wildman–Crippen MR) is 75.5 cm³/mol. The van der Waals surface area contributed by atoms with Gasteiger partial charge in [-0.15, -0.1) is 0 Å². The SMILES string of the molecule is CC(C)N(C)c1snc(N)c1-c1ccccc1. The lowest BCUT2D eigenvalue weighted by molar-refractivity contribution is 0.761. The summed E-state index contributed by atoms with van der Waals surface area (Å²) in [6.07, 6.45) is 0. The van der Waals surface area contributed by atoms with Gasteiger partial charge in [0.05, 0.1) is 5.56 Å². The van der Waals surface area contributed by atoms with Crippen molar-refractivity contribution in [3.63, 3.8) is 0 Å². The number of nitrogens with two attached hydrogens (primary N) is 1. The summed E-state index contributed by atoms with van der Waals surface area (Å²) in [5.41, 5.74) is 8.16. The smallest absolute Gasteiger partial charge is 0.147 e. The molecule has 0 atom stereocenters. The van der Waals surface area contributed by atoms with Gasteiger partial charge in [0, 0.05) is 13.1 Å². The van der Waals surface area contributed by atoms with E-state index in [1.807, 2.05) is 18.2 Å². The first-order valence-electron chi connectivity index (χ1n) is 5.64. The number of hydrogen-bond donors (Lipinski definition) is 1. The lowest BCUT2D eigenvalue weighted by Crippen LogP contribution is -2.25. The van der Waals surface area contributed by atoms with Crippen LogP contribution in [0.3, 0.4) is 0 Å². The third kappa shape index (κ3) is 2.26. The van der Waals surface area contributed by atoms with Crippen LogP contribution in [0.25, 0.3) is 11.1 Å². The normalized spacial score (nSPS) is 10.8. The summed E-state index contributed by atoms with van der Waals surface area (Å²) in [7, 11) is 2.07. The van der Waals surface area contributed by atoms with Crippen molar-refractivity contribution in [3.05, 3.63) is 30.3 Å². The summed E-state index contributed by atoms with van der Waals surface area (Å²) in [6.45, 7) is 4.31. The van der Waals surface area contributed by atoms with Crippen LogP contribution in [0.1, 0.15) is 13.8 Å². The summed E-state index contributed by atoms with van der Waals surface area (Å²) in [6, 6.07) is 10.6. The quantitative estimate of drug-likeness (QED) is 0.905. The number of nitrogen functional groups attached to an aromatic ring is 1. The highest BCUT2D eigenvalue weighted by atomic mass is 32.1. The van der Waals surface area contributed by atoms with Crippen molar-refractivity contribution in [1.29, 1.82) is 0 Å². The molecule has 0 fully saturated rings. The predicted octanol–water partition coefficient (Wildman–Crippen LogP) is 3.24. The molecule has 1 aromatic carbocycles. The molecule has 0 spiro atoms. The molecule has 4 heteroatoms. The fraction of sp³-hybridized carbons (Fsp3) is 0.308. The average Bonchev–Trinajstić information content (AvgIpc) is 2.71. The Kier molecular flexibility index (Phi) is 3.33.